The summed E-state index contributed by atoms with van der Waals surface area (Å²) in [5.74, 6) is 0.306. The Labute approximate surface area is 139 Å². The van der Waals surface area contributed by atoms with Crippen LogP contribution in [-0.4, -0.2) is 37.1 Å². The van der Waals surface area contributed by atoms with Crippen molar-refractivity contribution in [3.8, 4) is 0 Å². The van der Waals surface area contributed by atoms with Crippen LogP contribution in [0.5, 0.6) is 0 Å². The van der Waals surface area contributed by atoms with E-state index in [0.717, 1.165) is 31.2 Å². The maximum absolute atomic E-state index is 12.8. The molecule has 0 bridgehead atoms. The summed E-state index contributed by atoms with van der Waals surface area (Å²) in [4.78, 5) is 14.7. The van der Waals surface area contributed by atoms with Crippen LogP contribution in [0.4, 0.5) is 0 Å². The van der Waals surface area contributed by atoms with Gasteiger partial charge in [0, 0.05) is 32.2 Å². The first kappa shape index (κ1) is 18.9. The molecular weight excluding hydrogens is 300 g/mol. The van der Waals surface area contributed by atoms with E-state index < -0.39 is 0 Å². The van der Waals surface area contributed by atoms with E-state index in [2.05, 4.69) is 12.1 Å². The third-order valence-corrected chi connectivity index (χ3v) is 4.16. The van der Waals surface area contributed by atoms with Crippen molar-refractivity contribution in [1.82, 2.24) is 4.90 Å². The Kier molecular flexibility index (Phi) is 8.46. The summed E-state index contributed by atoms with van der Waals surface area (Å²) in [5.41, 5.74) is 7.18. The van der Waals surface area contributed by atoms with Gasteiger partial charge < -0.3 is 15.4 Å². The van der Waals surface area contributed by atoms with Gasteiger partial charge in [-0.05, 0) is 24.8 Å². The van der Waals surface area contributed by atoms with Gasteiger partial charge in [0.2, 0.25) is 5.91 Å². The van der Waals surface area contributed by atoms with Gasteiger partial charge in [0.1, 0.15) is 0 Å². The number of hydrogen-bond donors (Lipinski definition) is 1. The van der Waals surface area contributed by atoms with E-state index in [0.29, 0.717) is 19.7 Å². The molecular formula is C17H27ClN2O2. The Balaban J connectivity index is 0.00000242. The molecule has 5 heteroatoms. The van der Waals surface area contributed by atoms with Crippen molar-refractivity contribution in [2.24, 2.45) is 11.7 Å². The number of carbonyl (C=O) groups is 1. The average Bonchev–Trinajstić information content (AvgIpc) is 2.51. The molecule has 1 aliphatic rings. The molecule has 0 heterocycles. The Hall–Kier alpha value is -1.10. The summed E-state index contributed by atoms with van der Waals surface area (Å²) < 4.78 is 5.15. The van der Waals surface area contributed by atoms with Crippen molar-refractivity contribution in [2.45, 2.75) is 38.3 Å². The van der Waals surface area contributed by atoms with Crippen LogP contribution in [0.2, 0.25) is 0 Å². The van der Waals surface area contributed by atoms with Crippen LogP contribution in [0.3, 0.4) is 0 Å². The van der Waals surface area contributed by atoms with Crippen molar-refractivity contribution in [3.05, 3.63) is 35.9 Å². The molecule has 1 aromatic rings. The number of amides is 1. The molecule has 1 aliphatic carbocycles. The molecule has 0 radical (unpaired) electrons. The molecule has 0 saturated heterocycles. The number of methoxy groups -OCH3 is 1. The van der Waals surface area contributed by atoms with Gasteiger partial charge in [0.25, 0.3) is 0 Å². The number of benzene rings is 1. The second kappa shape index (κ2) is 9.82. The molecule has 4 nitrogen and oxygen atoms in total. The molecule has 1 saturated carbocycles. The second-order valence-electron chi connectivity index (χ2n) is 5.86. The van der Waals surface area contributed by atoms with Crippen LogP contribution in [0.15, 0.2) is 30.3 Å². The molecule has 0 aliphatic heterocycles. The van der Waals surface area contributed by atoms with E-state index in [1.807, 2.05) is 23.1 Å². The van der Waals surface area contributed by atoms with E-state index in [1.54, 1.807) is 7.11 Å². The van der Waals surface area contributed by atoms with Gasteiger partial charge in [0.05, 0.1) is 6.61 Å². The molecule has 1 amide bonds. The van der Waals surface area contributed by atoms with Gasteiger partial charge in [0.15, 0.2) is 0 Å². The fourth-order valence-electron chi connectivity index (χ4n) is 2.98. The van der Waals surface area contributed by atoms with Gasteiger partial charge in [-0.3, -0.25) is 4.79 Å². The molecule has 2 rings (SSSR count). The molecule has 0 spiro atoms. The highest BCUT2D eigenvalue weighted by Gasteiger charge is 2.28. The lowest BCUT2D eigenvalue weighted by Gasteiger charge is -2.31. The Morgan fingerprint density at radius 1 is 1.32 bits per heavy atom. The summed E-state index contributed by atoms with van der Waals surface area (Å²) in [6.45, 7) is 1.85. The minimum Gasteiger partial charge on any atom is -0.383 e. The normalized spacial score (nSPS) is 21.0. The minimum absolute atomic E-state index is 0. The average molecular weight is 327 g/mol. The predicted molar refractivity (Wildman–Crippen MR) is 90.9 cm³/mol. The molecule has 0 aromatic heterocycles. The van der Waals surface area contributed by atoms with Crippen molar-refractivity contribution in [3.63, 3.8) is 0 Å². The summed E-state index contributed by atoms with van der Waals surface area (Å²) in [5, 5.41) is 0. The zero-order valence-electron chi connectivity index (χ0n) is 13.2. The highest BCUT2D eigenvalue weighted by Crippen LogP contribution is 2.25. The van der Waals surface area contributed by atoms with E-state index in [4.69, 9.17) is 10.5 Å². The molecule has 2 unspecified atom stereocenters. The fraction of sp³-hybridized carbons (Fsp3) is 0.588. The predicted octanol–water partition coefficient (Wildman–Crippen LogP) is 2.60. The number of nitrogens with two attached hydrogens (primary N) is 1. The molecule has 1 fully saturated rings. The summed E-state index contributed by atoms with van der Waals surface area (Å²) >= 11 is 0. The summed E-state index contributed by atoms with van der Waals surface area (Å²) in [6, 6.07) is 10.3. The Morgan fingerprint density at radius 2 is 2.05 bits per heavy atom. The first-order chi connectivity index (χ1) is 10.2. The third-order valence-electron chi connectivity index (χ3n) is 4.16. The van der Waals surface area contributed by atoms with Crippen molar-refractivity contribution in [1.29, 1.82) is 0 Å². The molecule has 124 valence electrons. The second-order valence-corrected chi connectivity index (χ2v) is 5.86. The van der Waals surface area contributed by atoms with Gasteiger partial charge in [-0.25, -0.2) is 0 Å². The van der Waals surface area contributed by atoms with E-state index in [1.165, 1.54) is 0 Å². The number of ether oxygens (including phenoxy) is 1. The third kappa shape index (κ3) is 5.59. The number of rotatable bonds is 6. The smallest absolute Gasteiger partial charge is 0.226 e. The van der Waals surface area contributed by atoms with Gasteiger partial charge >= 0.3 is 0 Å². The number of halogens is 1. The largest absolute Gasteiger partial charge is 0.383 e. The minimum atomic E-state index is 0. The van der Waals surface area contributed by atoms with Crippen molar-refractivity contribution in [2.75, 3.05) is 20.3 Å². The van der Waals surface area contributed by atoms with Crippen molar-refractivity contribution >= 4 is 18.3 Å². The van der Waals surface area contributed by atoms with E-state index >= 15 is 0 Å². The monoisotopic (exact) mass is 326 g/mol. The Bertz CT molecular complexity index is 442. The van der Waals surface area contributed by atoms with Crippen molar-refractivity contribution < 1.29 is 9.53 Å². The fourth-order valence-corrected chi connectivity index (χ4v) is 2.98. The summed E-state index contributed by atoms with van der Waals surface area (Å²) in [6.07, 6.45) is 3.88. The molecule has 2 atom stereocenters. The number of hydrogen-bond acceptors (Lipinski definition) is 3. The first-order valence-corrected chi connectivity index (χ1v) is 7.78. The lowest BCUT2D eigenvalue weighted by atomic mass is 9.85. The Morgan fingerprint density at radius 3 is 2.68 bits per heavy atom. The summed E-state index contributed by atoms with van der Waals surface area (Å²) in [7, 11) is 1.67. The van der Waals surface area contributed by atoms with Gasteiger partial charge in [-0.2, -0.15) is 0 Å². The van der Waals surface area contributed by atoms with Crippen LogP contribution in [0.25, 0.3) is 0 Å². The maximum Gasteiger partial charge on any atom is 0.226 e. The van der Waals surface area contributed by atoms with E-state index in [-0.39, 0.29) is 30.3 Å². The zero-order valence-corrected chi connectivity index (χ0v) is 14.1. The van der Waals surface area contributed by atoms with E-state index in [9.17, 15) is 4.79 Å². The van der Waals surface area contributed by atoms with Gasteiger partial charge in [-0.15, -0.1) is 12.4 Å². The standard InChI is InChI=1S/C17H26N2O2.ClH/c1-21-11-10-19(13-14-6-3-2-4-7-14)17(20)15-8-5-9-16(18)12-15;/h2-4,6-7,15-16H,5,8-13,18H2,1H3;1H. The van der Waals surface area contributed by atoms with Crippen LogP contribution in [0.1, 0.15) is 31.2 Å². The van der Waals surface area contributed by atoms with Crippen LogP contribution < -0.4 is 5.73 Å². The highest BCUT2D eigenvalue weighted by molar-refractivity contribution is 5.85. The molecule has 2 N–H and O–H groups in total. The first-order valence-electron chi connectivity index (χ1n) is 7.78. The lowest BCUT2D eigenvalue weighted by molar-refractivity contribution is -0.138. The quantitative estimate of drug-likeness (QED) is 0.874. The number of nitrogens with zero attached hydrogens (tertiary/aromatic N) is 1. The van der Waals surface area contributed by atoms with Gasteiger partial charge in [-0.1, -0.05) is 36.8 Å². The van der Waals surface area contributed by atoms with Crippen LogP contribution in [0, 0.1) is 5.92 Å². The van der Waals surface area contributed by atoms with Crippen LogP contribution >= 0.6 is 12.4 Å². The maximum atomic E-state index is 12.8. The topological polar surface area (TPSA) is 55.6 Å². The number of carbonyl (C=O) groups excluding carboxylic acids is 1. The SMILES string of the molecule is COCCN(Cc1ccccc1)C(=O)C1CCCC(N)C1.Cl. The highest BCUT2D eigenvalue weighted by atomic mass is 35.5. The lowest BCUT2D eigenvalue weighted by Crippen LogP contribution is -2.41. The molecule has 1 aromatic carbocycles. The molecule has 22 heavy (non-hydrogen) atoms. The van der Waals surface area contributed by atoms with Crippen LogP contribution in [-0.2, 0) is 16.1 Å². The zero-order chi connectivity index (χ0) is 15.1.